The lowest BCUT2D eigenvalue weighted by atomic mass is 9.88. The number of fused-ring (bicyclic) bond motifs is 1. The number of nitrogens with two attached hydrogens (primary N) is 1. The molecule has 2 N–H and O–H groups in total. The maximum Gasteiger partial charge on any atom is 0.332 e. The van der Waals surface area contributed by atoms with E-state index in [-0.39, 0.29) is 35.8 Å². The fourth-order valence-electron chi connectivity index (χ4n) is 4.35. The Bertz CT molecular complexity index is 1340. The molecule has 4 rings (SSSR count). The number of carbonyl (C=O) groups excluding carboxylic acids is 3. The molecule has 0 bridgehead atoms. The van der Waals surface area contributed by atoms with Crippen molar-refractivity contribution in [3.63, 3.8) is 0 Å². The van der Waals surface area contributed by atoms with Crippen LogP contribution in [-0.4, -0.2) is 59.5 Å². The Kier molecular flexibility index (Phi) is 6.82. The predicted octanol–water partition coefficient (Wildman–Crippen LogP) is 3.14. The number of rotatable bonds is 3. The smallest absolute Gasteiger partial charge is 0.332 e. The second kappa shape index (κ2) is 9.84. The van der Waals surface area contributed by atoms with E-state index >= 15 is 4.39 Å². The molecule has 1 unspecified atom stereocenters. The third-order valence-electron chi connectivity index (χ3n) is 6.13. The van der Waals surface area contributed by atoms with Crippen LogP contribution in [-0.2, 0) is 9.59 Å². The topological polar surface area (TPSA) is 99.3 Å². The SMILES string of the molecule is CN=CC(=CN)N1CCN2C(=O)N(c3c(F)cc(C#Cc4ccccc4)cc3Cl)C(=O)CC2(C)C1=O. The van der Waals surface area contributed by atoms with E-state index in [0.29, 0.717) is 10.6 Å². The zero-order valence-corrected chi connectivity index (χ0v) is 20.4. The lowest BCUT2D eigenvalue weighted by Gasteiger charge is -2.51. The van der Waals surface area contributed by atoms with E-state index in [2.05, 4.69) is 16.8 Å². The van der Waals surface area contributed by atoms with Gasteiger partial charge in [0.2, 0.25) is 5.91 Å². The second-order valence-electron chi connectivity index (χ2n) is 8.45. The van der Waals surface area contributed by atoms with E-state index in [1.165, 1.54) is 42.3 Å². The summed E-state index contributed by atoms with van der Waals surface area (Å²) in [6.45, 7) is 1.73. The maximum absolute atomic E-state index is 15.2. The van der Waals surface area contributed by atoms with Crippen LogP contribution in [0.3, 0.4) is 0 Å². The van der Waals surface area contributed by atoms with Crippen molar-refractivity contribution in [2.45, 2.75) is 18.9 Å². The summed E-state index contributed by atoms with van der Waals surface area (Å²) >= 11 is 6.35. The molecule has 2 aliphatic heterocycles. The Morgan fingerprint density at radius 3 is 2.47 bits per heavy atom. The van der Waals surface area contributed by atoms with Crippen LogP contribution in [0.1, 0.15) is 24.5 Å². The summed E-state index contributed by atoms with van der Waals surface area (Å²) in [7, 11) is 1.54. The van der Waals surface area contributed by atoms with E-state index in [0.717, 1.165) is 11.6 Å². The number of anilines is 1. The first-order valence-corrected chi connectivity index (χ1v) is 11.5. The molecule has 36 heavy (non-hydrogen) atoms. The van der Waals surface area contributed by atoms with Gasteiger partial charge in [0.15, 0.2) is 0 Å². The molecule has 2 heterocycles. The van der Waals surface area contributed by atoms with Crippen molar-refractivity contribution >= 4 is 41.3 Å². The first-order chi connectivity index (χ1) is 17.2. The monoisotopic (exact) mass is 507 g/mol. The zero-order valence-electron chi connectivity index (χ0n) is 19.7. The fraction of sp³-hybridized carbons (Fsp3) is 0.231. The molecule has 2 aliphatic rings. The van der Waals surface area contributed by atoms with Gasteiger partial charge in [0.25, 0.3) is 5.91 Å². The number of piperazine rings is 1. The molecule has 2 saturated heterocycles. The van der Waals surface area contributed by atoms with Crippen LogP contribution < -0.4 is 10.6 Å². The van der Waals surface area contributed by atoms with Crippen molar-refractivity contribution in [2.24, 2.45) is 10.7 Å². The van der Waals surface area contributed by atoms with E-state index < -0.39 is 29.2 Å². The Balaban J connectivity index is 1.65. The van der Waals surface area contributed by atoms with Crippen LogP contribution in [0.5, 0.6) is 0 Å². The summed E-state index contributed by atoms with van der Waals surface area (Å²) < 4.78 is 15.2. The molecule has 1 atom stereocenters. The van der Waals surface area contributed by atoms with Crippen molar-refractivity contribution in [2.75, 3.05) is 25.0 Å². The van der Waals surface area contributed by atoms with Crippen molar-refractivity contribution in [1.82, 2.24) is 9.80 Å². The maximum atomic E-state index is 15.2. The molecule has 2 fully saturated rings. The summed E-state index contributed by atoms with van der Waals surface area (Å²) in [6, 6.07) is 10.8. The molecular weight excluding hydrogens is 485 g/mol. The quantitative estimate of drug-likeness (QED) is 0.509. The minimum absolute atomic E-state index is 0.0968. The summed E-state index contributed by atoms with van der Waals surface area (Å²) in [5, 5.41) is -0.143. The lowest BCUT2D eigenvalue weighted by molar-refractivity contribution is -0.149. The molecule has 4 amide bonds. The highest BCUT2D eigenvalue weighted by Crippen LogP contribution is 2.39. The number of hydrogen-bond acceptors (Lipinski definition) is 5. The van der Waals surface area contributed by atoms with E-state index in [9.17, 15) is 14.4 Å². The number of allylic oxidation sites excluding steroid dienone is 1. The van der Waals surface area contributed by atoms with E-state index in [1.807, 2.05) is 30.3 Å². The number of halogens is 2. The standard InChI is InChI=1S/C26H23ClFN5O3/c1-26-14-22(34)33(25(36)32(26)11-10-31(24(26)35)19(15-29)16-30-2)23-20(27)12-18(13-21(23)28)9-8-17-6-4-3-5-7-17/h3-7,12-13,15-16H,10-11,14,29H2,1-2H3. The normalized spacial score (nSPS) is 20.5. The molecule has 0 aliphatic carbocycles. The van der Waals surface area contributed by atoms with Gasteiger partial charge < -0.3 is 15.5 Å². The summed E-state index contributed by atoms with van der Waals surface area (Å²) in [4.78, 5) is 47.2. The Morgan fingerprint density at radius 2 is 1.83 bits per heavy atom. The van der Waals surface area contributed by atoms with Crippen LogP contribution in [0.2, 0.25) is 5.02 Å². The Labute approximate surface area is 212 Å². The molecule has 184 valence electrons. The highest BCUT2D eigenvalue weighted by Gasteiger charge is 2.56. The number of urea groups is 1. The molecule has 0 radical (unpaired) electrons. The van der Waals surface area contributed by atoms with Crippen molar-refractivity contribution in [3.05, 3.63) is 76.3 Å². The Hall–Kier alpha value is -4.16. The van der Waals surface area contributed by atoms with E-state index in [4.69, 9.17) is 17.3 Å². The first-order valence-electron chi connectivity index (χ1n) is 11.1. The van der Waals surface area contributed by atoms with Gasteiger partial charge in [-0.2, -0.15) is 0 Å². The van der Waals surface area contributed by atoms with Gasteiger partial charge in [-0.15, -0.1) is 0 Å². The first kappa shape index (κ1) is 24.9. The molecule has 0 spiro atoms. The number of amides is 4. The largest absolute Gasteiger partial charge is 0.403 e. The van der Waals surface area contributed by atoms with Crippen molar-refractivity contribution in [3.8, 4) is 11.8 Å². The van der Waals surface area contributed by atoms with Crippen molar-refractivity contribution in [1.29, 1.82) is 0 Å². The highest BCUT2D eigenvalue weighted by atomic mass is 35.5. The molecule has 0 saturated carbocycles. The van der Waals surface area contributed by atoms with E-state index in [1.54, 1.807) is 0 Å². The molecule has 8 nitrogen and oxygen atoms in total. The van der Waals surface area contributed by atoms with Crippen LogP contribution >= 0.6 is 11.6 Å². The molecule has 0 aromatic heterocycles. The van der Waals surface area contributed by atoms with Gasteiger partial charge in [-0.1, -0.05) is 41.6 Å². The van der Waals surface area contributed by atoms with Gasteiger partial charge in [0.1, 0.15) is 17.0 Å². The number of carbonyl (C=O) groups is 3. The van der Waals surface area contributed by atoms with Gasteiger partial charge in [-0.05, 0) is 31.2 Å². The molecule has 2 aromatic rings. The Morgan fingerprint density at radius 1 is 1.14 bits per heavy atom. The van der Waals surface area contributed by atoms with Crippen LogP contribution in [0.25, 0.3) is 0 Å². The average molecular weight is 508 g/mol. The van der Waals surface area contributed by atoms with Gasteiger partial charge in [-0.3, -0.25) is 14.6 Å². The minimum atomic E-state index is -1.47. The predicted molar refractivity (Wildman–Crippen MR) is 135 cm³/mol. The lowest BCUT2D eigenvalue weighted by Crippen LogP contribution is -2.72. The number of benzene rings is 2. The highest BCUT2D eigenvalue weighted by molar-refractivity contribution is 6.35. The number of aliphatic imine (C=N–C) groups is 1. The fourth-order valence-corrected chi connectivity index (χ4v) is 4.64. The van der Waals surface area contributed by atoms with Gasteiger partial charge in [0, 0.05) is 43.7 Å². The summed E-state index contributed by atoms with van der Waals surface area (Å²) in [6.07, 6.45) is 2.30. The minimum Gasteiger partial charge on any atom is -0.403 e. The third-order valence-corrected chi connectivity index (χ3v) is 6.41. The summed E-state index contributed by atoms with van der Waals surface area (Å²) in [5.41, 5.74) is 5.19. The van der Waals surface area contributed by atoms with Crippen LogP contribution in [0.15, 0.2) is 59.4 Å². The third kappa shape index (κ3) is 4.32. The number of nitrogens with zero attached hydrogens (tertiary/aromatic N) is 4. The van der Waals surface area contributed by atoms with Gasteiger partial charge >= 0.3 is 6.03 Å². The number of hydrogen-bond donors (Lipinski definition) is 1. The second-order valence-corrected chi connectivity index (χ2v) is 8.86. The zero-order chi connectivity index (χ0) is 26.0. The molecule has 10 heteroatoms. The van der Waals surface area contributed by atoms with Gasteiger partial charge in [-0.25, -0.2) is 14.1 Å². The number of imide groups is 1. The molecule has 2 aromatic carbocycles. The van der Waals surface area contributed by atoms with Gasteiger partial charge in [0.05, 0.1) is 17.1 Å². The summed E-state index contributed by atoms with van der Waals surface area (Å²) in [5.74, 6) is 3.64. The van der Waals surface area contributed by atoms with Crippen LogP contribution in [0.4, 0.5) is 14.9 Å². The molecular formula is C26H23ClFN5O3. The van der Waals surface area contributed by atoms with Crippen LogP contribution in [0, 0.1) is 17.7 Å². The van der Waals surface area contributed by atoms with Crippen molar-refractivity contribution < 1.29 is 18.8 Å². The average Bonchev–Trinajstić information content (AvgIpc) is 2.85.